The molecule has 2 fully saturated rings. The molecule has 2 heterocycles. The van der Waals surface area contributed by atoms with E-state index in [0.29, 0.717) is 4.91 Å². The third-order valence-electron chi connectivity index (χ3n) is 3.72. The maximum Gasteiger partial charge on any atom is 0.290 e. The second-order valence-corrected chi connectivity index (χ2v) is 7.25. The Morgan fingerprint density at radius 1 is 1.39 bits per heavy atom. The van der Waals surface area contributed by atoms with Gasteiger partial charge in [0.05, 0.1) is 10.6 Å². The van der Waals surface area contributed by atoms with Gasteiger partial charge in [0, 0.05) is 29.2 Å². The van der Waals surface area contributed by atoms with Gasteiger partial charge in [-0.05, 0) is 52.7 Å². The predicted molar refractivity (Wildman–Crippen MR) is 99.9 cm³/mol. The first-order chi connectivity index (χ1) is 10.5. The fourth-order valence-corrected chi connectivity index (χ4v) is 4.06. The van der Waals surface area contributed by atoms with E-state index in [1.165, 1.54) is 0 Å². The largest absolute Gasteiger partial charge is 0.369 e. The molecular formula is C15H17BrClN3O2S. The normalized spacial score (nSPS) is 23.0. The topological polar surface area (TPSA) is 75.4 Å². The summed E-state index contributed by atoms with van der Waals surface area (Å²) in [5, 5.41) is 1.95. The molecule has 124 valence electrons. The molecule has 23 heavy (non-hydrogen) atoms. The van der Waals surface area contributed by atoms with Gasteiger partial charge in [-0.25, -0.2) is 0 Å². The Kier molecular flexibility index (Phi) is 6.13. The number of rotatable bonds is 2. The summed E-state index contributed by atoms with van der Waals surface area (Å²) < 4.78 is 0.964. The molecule has 1 atom stereocenters. The van der Waals surface area contributed by atoms with Gasteiger partial charge in [0.25, 0.3) is 11.1 Å². The predicted octanol–water partition coefficient (Wildman–Crippen LogP) is 3.12. The van der Waals surface area contributed by atoms with E-state index in [1.807, 2.05) is 18.2 Å². The molecule has 0 radical (unpaired) electrons. The van der Waals surface area contributed by atoms with Crippen LogP contribution in [0.1, 0.15) is 18.4 Å². The second kappa shape index (κ2) is 7.70. The maximum atomic E-state index is 11.7. The highest BCUT2D eigenvalue weighted by Gasteiger charge is 2.26. The number of halogens is 2. The van der Waals surface area contributed by atoms with Crippen molar-refractivity contribution in [1.29, 1.82) is 0 Å². The molecule has 5 nitrogen and oxygen atoms in total. The van der Waals surface area contributed by atoms with E-state index in [4.69, 9.17) is 5.73 Å². The second-order valence-electron chi connectivity index (χ2n) is 5.38. The van der Waals surface area contributed by atoms with Gasteiger partial charge < -0.3 is 10.6 Å². The van der Waals surface area contributed by atoms with Crippen LogP contribution in [0.5, 0.6) is 0 Å². The molecule has 2 amide bonds. The van der Waals surface area contributed by atoms with E-state index >= 15 is 0 Å². The van der Waals surface area contributed by atoms with E-state index in [1.54, 1.807) is 6.08 Å². The lowest BCUT2D eigenvalue weighted by Gasteiger charge is -2.34. The lowest BCUT2D eigenvalue weighted by atomic mass is 10.0. The minimum atomic E-state index is -0.337. The molecule has 0 aliphatic carbocycles. The van der Waals surface area contributed by atoms with E-state index < -0.39 is 0 Å². The zero-order valence-electron chi connectivity index (χ0n) is 12.3. The van der Waals surface area contributed by atoms with Crippen LogP contribution in [0.2, 0.25) is 0 Å². The number of hydrogen-bond acceptors (Lipinski definition) is 5. The van der Waals surface area contributed by atoms with Gasteiger partial charge in [-0.3, -0.25) is 14.9 Å². The molecule has 1 aromatic carbocycles. The van der Waals surface area contributed by atoms with Gasteiger partial charge in [0.15, 0.2) is 0 Å². The minimum Gasteiger partial charge on any atom is -0.369 e. The number of carbonyl (C=O) groups excluding carboxylic acids is 2. The Hall–Kier alpha value is -1.02. The first-order valence-corrected chi connectivity index (χ1v) is 8.69. The lowest BCUT2D eigenvalue weighted by molar-refractivity contribution is -0.115. The molecular weight excluding hydrogens is 402 g/mol. The number of nitrogens with two attached hydrogens (primary N) is 1. The first-order valence-electron chi connectivity index (χ1n) is 7.08. The molecule has 2 aliphatic rings. The zero-order chi connectivity index (χ0) is 15.7. The third-order valence-corrected chi connectivity index (χ3v) is 5.17. The summed E-state index contributed by atoms with van der Waals surface area (Å²) in [7, 11) is 0. The molecule has 2 aliphatic heterocycles. The number of thioether (sulfide) groups is 1. The van der Waals surface area contributed by atoms with Crippen molar-refractivity contribution in [2.75, 3.05) is 18.0 Å². The van der Waals surface area contributed by atoms with Crippen molar-refractivity contribution < 1.29 is 9.59 Å². The molecule has 0 saturated carbocycles. The zero-order valence-corrected chi connectivity index (χ0v) is 15.5. The quantitative estimate of drug-likeness (QED) is 0.722. The van der Waals surface area contributed by atoms with Crippen LogP contribution < -0.4 is 16.0 Å². The summed E-state index contributed by atoms with van der Waals surface area (Å²) in [6.45, 7) is 1.72. The number of imide groups is 1. The molecule has 8 heteroatoms. The van der Waals surface area contributed by atoms with Gasteiger partial charge in [0.1, 0.15) is 0 Å². The summed E-state index contributed by atoms with van der Waals surface area (Å²) in [5.74, 6) is -0.337. The number of nitrogens with one attached hydrogen (secondary N) is 1. The summed E-state index contributed by atoms with van der Waals surface area (Å²) in [6.07, 6.45) is 3.85. The van der Waals surface area contributed by atoms with Crippen molar-refractivity contribution >= 4 is 63.0 Å². The van der Waals surface area contributed by atoms with Crippen molar-refractivity contribution in [3.8, 4) is 0 Å². The maximum absolute atomic E-state index is 11.7. The van der Waals surface area contributed by atoms with Crippen LogP contribution in [-0.4, -0.2) is 30.3 Å². The van der Waals surface area contributed by atoms with Crippen LogP contribution in [0.3, 0.4) is 0 Å². The molecule has 1 aromatic rings. The Labute approximate surface area is 153 Å². The van der Waals surface area contributed by atoms with Crippen LogP contribution in [0.25, 0.3) is 6.08 Å². The van der Waals surface area contributed by atoms with Gasteiger partial charge >= 0.3 is 0 Å². The van der Waals surface area contributed by atoms with Crippen molar-refractivity contribution in [2.24, 2.45) is 5.73 Å². The van der Waals surface area contributed by atoms with Crippen LogP contribution >= 0.6 is 40.1 Å². The number of piperidine rings is 1. The summed E-state index contributed by atoms with van der Waals surface area (Å²) >= 11 is 4.53. The van der Waals surface area contributed by atoms with E-state index in [9.17, 15) is 9.59 Å². The monoisotopic (exact) mass is 417 g/mol. The van der Waals surface area contributed by atoms with Crippen LogP contribution in [0.15, 0.2) is 27.6 Å². The van der Waals surface area contributed by atoms with Crippen LogP contribution in [0.4, 0.5) is 10.5 Å². The highest BCUT2D eigenvalue weighted by molar-refractivity contribution is 9.10. The number of benzene rings is 1. The third kappa shape index (κ3) is 4.09. The first kappa shape index (κ1) is 18.3. The molecule has 0 unspecified atom stereocenters. The van der Waals surface area contributed by atoms with E-state index in [0.717, 1.165) is 53.4 Å². The number of carbonyl (C=O) groups is 2. The highest BCUT2D eigenvalue weighted by Crippen LogP contribution is 2.35. The van der Waals surface area contributed by atoms with E-state index in [-0.39, 0.29) is 29.6 Å². The lowest BCUT2D eigenvalue weighted by Crippen LogP contribution is -2.43. The van der Waals surface area contributed by atoms with Gasteiger partial charge in [0.2, 0.25) is 0 Å². The number of para-hydroxylation sites is 1. The average Bonchev–Trinajstić information content (AvgIpc) is 2.77. The summed E-state index contributed by atoms with van der Waals surface area (Å²) in [5.41, 5.74) is 8.02. The molecule has 0 bridgehead atoms. The smallest absolute Gasteiger partial charge is 0.290 e. The van der Waals surface area contributed by atoms with Gasteiger partial charge in [-0.15, -0.1) is 12.4 Å². The van der Waals surface area contributed by atoms with Crippen LogP contribution in [0, 0.1) is 0 Å². The van der Waals surface area contributed by atoms with E-state index in [2.05, 4.69) is 26.1 Å². The highest BCUT2D eigenvalue weighted by atomic mass is 79.9. The van der Waals surface area contributed by atoms with Crippen LogP contribution in [-0.2, 0) is 4.79 Å². The fraction of sp³-hybridized carbons (Fsp3) is 0.333. The van der Waals surface area contributed by atoms with Crippen molar-refractivity contribution in [1.82, 2.24) is 5.32 Å². The Morgan fingerprint density at radius 2 is 2.17 bits per heavy atom. The number of anilines is 1. The molecule has 0 spiro atoms. The fourth-order valence-electron chi connectivity index (χ4n) is 2.76. The number of amides is 2. The Morgan fingerprint density at radius 3 is 2.83 bits per heavy atom. The average molecular weight is 419 g/mol. The van der Waals surface area contributed by atoms with Gasteiger partial charge in [-0.2, -0.15) is 0 Å². The molecule has 2 saturated heterocycles. The Balaban J connectivity index is 0.00000192. The molecule has 3 rings (SSSR count). The molecule has 3 N–H and O–H groups in total. The summed E-state index contributed by atoms with van der Waals surface area (Å²) in [4.78, 5) is 25.7. The number of hydrogen-bond donors (Lipinski definition) is 2. The van der Waals surface area contributed by atoms with Crippen molar-refractivity contribution in [3.05, 3.63) is 33.1 Å². The Bertz CT molecular complexity index is 668. The standard InChI is InChI=1S/C15H16BrN3O2S.ClH/c16-11-5-1-3-9(7-12-14(20)18-15(21)22-12)13(11)19-6-2-4-10(17)8-19;/h1,3,5,7,10H,2,4,6,8,17H2,(H,18,20,21);1H/t10-;/m1./s1. The minimum absolute atomic E-state index is 0. The number of nitrogens with zero attached hydrogens (tertiary/aromatic N) is 1. The SMILES string of the molecule is Cl.N[C@@H]1CCCN(c2c(Br)cccc2C=C2SC(=O)NC2=O)C1. The van der Waals surface area contributed by atoms with Crippen molar-refractivity contribution in [3.63, 3.8) is 0 Å². The summed E-state index contributed by atoms with van der Waals surface area (Å²) in [6, 6.07) is 6.00. The molecule has 0 aromatic heterocycles. The van der Waals surface area contributed by atoms with Gasteiger partial charge in [-0.1, -0.05) is 12.1 Å². The van der Waals surface area contributed by atoms with Crippen molar-refractivity contribution in [2.45, 2.75) is 18.9 Å².